The fraction of sp³-hybridized carbons (Fsp3) is 0.480. The number of rotatable bonds is 8. The number of nitrogens with zero attached hydrogens (tertiary/aromatic N) is 2. The Bertz CT molecular complexity index is 775. The number of nitrogens with one attached hydrogen (secondary N) is 1. The van der Waals surface area contributed by atoms with Crippen molar-refractivity contribution >= 4 is 5.91 Å². The van der Waals surface area contributed by atoms with Gasteiger partial charge in [0.2, 0.25) is 0 Å². The molecule has 1 aliphatic heterocycles. The molecule has 2 aromatic carbocycles. The van der Waals surface area contributed by atoms with Gasteiger partial charge in [0.1, 0.15) is 0 Å². The Morgan fingerprint density at radius 3 is 2.59 bits per heavy atom. The summed E-state index contributed by atoms with van der Waals surface area (Å²) in [5.74, 6) is 0.592. The summed E-state index contributed by atoms with van der Waals surface area (Å²) in [6.07, 6.45) is 2.43. The second-order valence-corrected chi connectivity index (χ2v) is 8.67. The van der Waals surface area contributed by atoms with Gasteiger partial charge < -0.3 is 10.2 Å². The highest BCUT2D eigenvalue weighted by Gasteiger charge is 2.22. The van der Waals surface area contributed by atoms with Crippen LogP contribution in [0.1, 0.15) is 48.2 Å². The zero-order valence-corrected chi connectivity index (χ0v) is 18.1. The lowest BCUT2D eigenvalue weighted by Crippen LogP contribution is -2.43. The van der Waals surface area contributed by atoms with Crippen LogP contribution >= 0.6 is 0 Å². The molecule has 1 saturated heterocycles. The minimum Gasteiger partial charge on any atom is -0.352 e. The van der Waals surface area contributed by atoms with Crippen molar-refractivity contribution in [1.82, 2.24) is 15.1 Å². The maximum atomic E-state index is 12.7. The molecule has 1 atom stereocenters. The molecule has 1 N–H and O–H groups in total. The molecule has 4 heteroatoms. The Hall–Kier alpha value is -2.17. The van der Waals surface area contributed by atoms with E-state index in [0.717, 1.165) is 31.7 Å². The first-order chi connectivity index (χ1) is 14.0. The van der Waals surface area contributed by atoms with Gasteiger partial charge in [-0.25, -0.2) is 0 Å². The van der Waals surface area contributed by atoms with Crippen molar-refractivity contribution in [3.8, 4) is 0 Å². The maximum Gasteiger partial charge on any atom is 0.251 e. The third-order valence-electron chi connectivity index (χ3n) is 5.77. The van der Waals surface area contributed by atoms with E-state index in [0.29, 0.717) is 12.0 Å². The maximum absolute atomic E-state index is 12.7. The van der Waals surface area contributed by atoms with Crippen LogP contribution in [-0.4, -0.2) is 48.4 Å². The number of carbonyl (C=O) groups excluding carboxylic acids is 1. The molecular weight excluding hydrogens is 358 g/mol. The molecule has 0 aromatic heterocycles. The van der Waals surface area contributed by atoms with E-state index >= 15 is 0 Å². The van der Waals surface area contributed by atoms with E-state index in [4.69, 9.17) is 0 Å². The fourth-order valence-electron chi connectivity index (χ4n) is 4.15. The summed E-state index contributed by atoms with van der Waals surface area (Å²) in [6, 6.07) is 19.1. The number of likely N-dealkylation sites (tertiary alicyclic amines) is 1. The monoisotopic (exact) mass is 393 g/mol. The average Bonchev–Trinajstić information content (AvgIpc) is 2.73. The first-order valence-electron chi connectivity index (χ1n) is 10.8. The quantitative estimate of drug-likeness (QED) is 0.731. The molecule has 156 valence electrons. The predicted octanol–water partition coefficient (Wildman–Crippen LogP) is 4.17. The normalized spacial score (nSPS) is 17.6. The molecule has 1 heterocycles. The summed E-state index contributed by atoms with van der Waals surface area (Å²) < 4.78 is 0. The van der Waals surface area contributed by atoms with Crippen molar-refractivity contribution < 1.29 is 4.79 Å². The van der Waals surface area contributed by atoms with Gasteiger partial charge in [-0.3, -0.25) is 9.69 Å². The van der Waals surface area contributed by atoms with E-state index in [9.17, 15) is 4.79 Å². The molecule has 2 aromatic rings. The summed E-state index contributed by atoms with van der Waals surface area (Å²) in [5.41, 5.74) is 3.22. The summed E-state index contributed by atoms with van der Waals surface area (Å²) in [7, 11) is 2.11. The van der Waals surface area contributed by atoms with Crippen LogP contribution in [0.3, 0.4) is 0 Å². The molecule has 1 fully saturated rings. The molecule has 29 heavy (non-hydrogen) atoms. The van der Waals surface area contributed by atoms with Crippen LogP contribution < -0.4 is 5.32 Å². The van der Waals surface area contributed by atoms with Crippen LogP contribution in [0.25, 0.3) is 0 Å². The first-order valence-corrected chi connectivity index (χ1v) is 10.8. The molecule has 0 aliphatic carbocycles. The molecule has 1 amide bonds. The lowest BCUT2D eigenvalue weighted by Gasteiger charge is -2.35. The number of benzene rings is 2. The minimum atomic E-state index is 0.0410. The van der Waals surface area contributed by atoms with Crippen LogP contribution in [0.15, 0.2) is 54.6 Å². The molecule has 0 radical (unpaired) electrons. The second-order valence-electron chi connectivity index (χ2n) is 8.67. The highest BCUT2D eigenvalue weighted by molar-refractivity contribution is 5.94. The average molecular weight is 394 g/mol. The Morgan fingerprint density at radius 1 is 1.10 bits per heavy atom. The van der Waals surface area contributed by atoms with Gasteiger partial charge in [0.05, 0.1) is 0 Å². The standard InChI is InChI=1S/C25H35N3O/c1-20(2)28-14-8-12-23(19-28)16-26-25(29)24-13-7-11-22(15-24)18-27(3)17-21-9-5-4-6-10-21/h4-7,9-11,13,15,20,23H,8,12,14,16-19H2,1-3H3,(H,26,29). The Morgan fingerprint density at radius 2 is 1.83 bits per heavy atom. The largest absolute Gasteiger partial charge is 0.352 e. The summed E-state index contributed by atoms with van der Waals surface area (Å²) in [4.78, 5) is 17.5. The van der Waals surface area contributed by atoms with Crippen LogP contribution in [0, 0.1) is 5.92 Å². The minimum absolute atomic E-state index is 0.0410. The van der Waals surface area contributed by atoms with Gasteiger partial charge in [-0.15, -0.1) is 0 Å². The van der Waals surface area contributed by atoms with Gasteiger partial charge in [-0.1, -0.05) is 42.5 Å². The molecule has 0 spiro atoms. The van der Waals surface area contributed by atoms with Crippen molar-refractivity contribution in [2.24, 2.45) is 5.92 Å². The van der Waals surface area contributed by atoms with E-state index in [2.05, 4.69) is 66.3 Å². The van der Waals surface area contributed by atoms with Crippen LogP contribution in [0.4, 0.5) is 0 Å². The van der Waals surface area contributed by atoms with E-state index < -0.39 is 0 Å². The van der Waals surface area contributed by atoms with Gasteiger partial charge in [0, 0.05) is 37.8 Å². The highest BCUT2D eigenvalue weighted by atomic mass is 16.1. The van der Waals surface area contributed by atoms with Crippen molar-refractivity contribution in [2.75, 3.05) is 26.7 Å². The van der Waals surface area contributed by atoms with E-state index in [1.54, 1.807) is 0 Å². The molecule has 4 nitrogen and oxygen atoms in total. The lowest BCUT2D eigenvalue weighted by atomic mass is 9.97. The van der Waals surface area contributed by atoms with Gasteiger partial charge in [-0.05, 0) is 69.5 Å². The van der Waals surface area contributed by atoms with E-state index in [-0.39, 0.29) is 5.91 Å². The summed E-state index contributed by atoms with van der Waals surface area (Å²) >= 11 is 0. The topological polar surface area (TPSA) is 35.6 Å². The Balaban J connectivity index is 1.51. The number of hydrogen-bond acceptors (Lipinski definition) is 3. The molecule has 1 aliphatic rings. The van der Waals surface area contributed by atoms with Crippen LogP contribution in [0.2, 0.25) is 0 Å². The van der Waals surface area contributed by atoms with Crippen molar-refractivity contribution in [2.45, 2.75) is 45.8 Å². The van der Waals surface area contributed by atoms with Crippen molar-refractivity contribution in [1.29, 1.82) is 0 Å². The second kappa shape index (κ2) is 10.6. The first kappa shape index (κ1) is 21.5. The molecule has 0 saturated carbocycles. The van der Waals surface area contributed by atoms with Crippen LogP contribution in [-0.2, 0) is 13.1 Å². The van der Waals surface area contributed by atoms with Gasteiger partial charge in [0.15, 0.2) is 0 Å². The van der Waals surface area contributed by atoms with Crippen molar-refractivity contribution in [3.63, 3.8) is 0 Å². The third kappa shape index (κ3) is 6.69. The van der Waals surface area contributed by atoms with Gasteiger partial charge >= 0.3 is 0 Å². The Labute approximate surface area is 175 Å². The number of amides is 1. The fourth-order valence-corrected chi connectivity index (χ4v) is 4.15. The number of hydrogen-bond donors (Lipinski definition) is 1. The highest BCUT2D eigenvalue weighted by Crippen LogP contribution is 2.18. The van der Waals surface area contributed by atoms with E-state index in [1.807, 2.05) is 24.3 Å². The van der Waals surface area contributed by atoms with Crippen molar-refractivity contribution in [3.05, 3.63) is 71.3 Å². The molecular formula is C25H35N3O. The molecule has 1 unspecified atom stereocenters. The Kier molecular flexibility index (Phi) is 7.84. The van der Waals surface area contributed by atoms with Crippen LogP contribution in [0.5, 0.6) is 0 Å². The van der Waals surface area contributed by atoms with Gasteiger partial charge in [0.25, 0.3) is 5.91 Å². The summed E-state index contributed by atoms with van der Waals surface area (Å²) in [6.45, 7) is 9.25. The molecule has 3 rings (SSSR count). The SMILES string of the molecule is CC(C)N1CCCC(CNC(=O)c2cccc(CN(C)Cc3ccccc3)c2)C1. The predicted molar refractivity (Wildman–Crippen MR) is 120 cm³/mol. The third-order valence-corrected chi connectivity index (χ3v) is 5.77. The zero-order valence-electron chi connectivity index (χ0n) is 18.1. The number of piperidine rings is 1. The summed E-state index contributed by atoms with van der Waals surface area (Å²) in [5, 5.41) is 3.17. The smallest absolute Gasteiger partial charge is 0.251 e. The number of carbonyl (C=O) groups is 1. The lowest BCUT2D eigenvalue weighted by molar-refractivity contribution is 0.0922. The van der Waals surface area contributed by atoms with Gasteiger partial charge in [-0.2, -0.15) is 0 Å². The van der Waals surface area contributed by atoms with E-state index in [1.165, 1.54) is 30.5 Å². The zero-order chi connectivity index (χ0) is 20.6. The molecule has 0 bridgehead atoms.